The fourth-order valence-corrected chi connectivity index (χ4v) is 2.14. The smallest absolute Gasteiger partial charge is 0.0915 e. The third-order valence-corrected chi connectivity index (χ3v) is 3.67. The highest BCUT2D eigenvalue weighted by molar-refractivity contribution is 5.30. The first-order valence-corrected chi connectivity index (χ1v) is 6.73. The molecule has 0 saturated heterocycles. The second-order valence-electron chi connectivity index (χ2n) is 5.04. The van der Waals surface area contributed by atoms with Crippen LogP contribution in [0.15, 0.2) is 24.3 Å². The third-order valence-electron chi connectivity index (χ3n) is 3.67. The molecule has 0 aliphatic rings. The summed E-state index contributed by atoms with van der Waals surface area (Å²) in [6.45, 7) is 0.689. The van der Waals surface area contributed by atoms with E-state index in [4.69, 9.17) is 0 Å². The first-order valence-electron chi connectivity index (χ1n) is 6.73. The molecule has 1 aromatic rings. The lowest BCUT2D eigenvalue weighted by atomic mass is 9.79. The van der Waals surface area contributed by atoms with E-state index in [0.717, 1.165) is 24.8 Å². The van der Waals surface area contributed by atoms with Crippen LogP contribution in [0.5, 0.6) is 0 Å². The van der Waals surface area contributed by atoms with Crippen LogP contribution in [0.1, 0.15) is 37.0 Å². The molecule has 0 radical (unpaired) electrons. The highest BCUT2D eigenvalue weighted by Crippen LogP contribution is 2.35. The van der Waals surface area contributed by atoms with Crippen LogP contribution in [-0.2, 0) is 6.42 Å². The number of hydrogen-bond donors (Lipinski definition) is 4. The molecule has 0 heterocycles. The van der Waals surface area contributed by atoms with E-state index in [1.807, 2.05) is 18.2 Å². The van der Waals surface area contributed by atoms with Crippen LogP contribution in [0.4, 0.5) is 0 Å². The van der Waals surface area contributed by atoms with E-state index in [9.17, 15) is 20.4 Å². The van der Waals surface area contributed by atoms with Crippen molar-refractivity contribution in [2.24, 2.45) is 5.41 Å². The molecule has 0 spiro atoms. The third kappa shape index (κ3) is 3.54. The summed E-state index contributed by atoms with van der Waals surface area (Å²) in [6.07, 6.45) is 1.81. The second-order valence-corrected chi connectivity index (χ2v) is 5.04. The maximum atomic E-state index is 10.4. The zero-order valence-electron chi connectivity index (χ0n) is 11.4. The fraction of sp³-hybridized carbons (Fsp3) is 0.600. The molecule has 1 aromatic carbocycles. The number of aliphatic hydroxyl groups is 4. The van der Waals surface area contributed by atoms with Crippen molar-refractivity contribution in [1.29, 1.82) is 0 Å². The SMILES string of the molecule is CCCCc1ccccc1C(O)C(CO)(CO)CO. The molecule has 1 unspecified atom stereocenters. The van der Waals surface area contributed by atoms with Gasteiger partial charge < -0.3 is 20.4 Å². The van der Waals surface area contributed by atoms with E-state index >= 15 is 0 Å². The van der Waals surface area contributed by atoms with Crippen molar-refractivity contribution in [3.63, 3.8) is 0 Å². The molecular formula is C15H24O4. The van der Waals surface area contributed by atoms with Gasteiger partial charge in [0.05, 0.1) is 31.3 Å². The van der Waals surface area contributed by atoms with Crippen LogP contribution in [0, 0.1) is 5.41 Å². The Balaban J connectivity index is 3.06. The maximum Gasteiger partial charge on any atom is 0.0915 e. The van der Waals surface area contributed by atoms with Gasteiger partial charge in [0.1, 0.15) is 0 Å². The molecule has 4 nitrogen and oxygen atoms in total. The van der Waals surface area contributed by atoms with Crippen molar-refractivity contribution < 1.29 is 20.4 Å². The normalized spacial score (nSPS) is 13.5. The maximum absolute atomic E-state index is 10.4. The Morgan fingerprint density at radius 2 is 1.63 bits per heavy atom. The molecule has 0 bridgehead atoms. The fourth-order valence-electron chi connectivity index (χ4n) is 2.14. The highest BCUT2D eigenvalue weighted by atomic mass is 16.3. The first kappa shape index (κ1) is 16.1. The topological polar surface area (TPSA) is 80.9 Å². The summed E-state index contributed by atoms with van der Waals surface area (Å²) in [5.41, 5.74) is 0.368. The summed E-state index contributed by atoms with van der Waals surface area (Å²) in [6, 6.07) is 7.43. The second kappa shape index (κ2) is 7.60. The zero-order chi connectivity index (χ0) is 14.3. The average molecular weight is 268 g/mol. The van der Waals surface area contributed by atoms with Crippen molar-refractivity contribution in [3.8, 4) is 0 Å². The van der Waals surface area contributed by atoms with Crippen molar-refractivity contribution >= 4 is 0 Å². The Hall–Kier alpha value is -0.940. The lowest BCUT2D eigenvalue weighted by Gasteiger charge is -2.34. The van der Waals surface area contributed by atoms with Gasteiger partial charge in [0.15, 0.2) is 0 Å². The summed E-state index contributed by atoms with van der Waals surface area (Å²) >= 11 is 0. The van der Waals surface area contributed by atoms with Gasteiger partial charge in [-0.25, -0.2) is 0 Å². The summed E-state index contributed by atoms with van der Waals surface area (Å²) in [4.78, 5) is 0. The Bertz CT molecular complexity index is 366. The molecule has 0 fully saturated rings. The van der Waals surface area contributed by atoms with E-state index in [0.29, 0.717) is 5.56 Å². The van der Waals surface area contributed by atoms with Crippen LogP contribution in [0.2, 0.25) is 0 Å². The van der Waals surface area contributed by atoms with Crippen molar-refractivity contribution in [1.82, 2.24) is 0 Å². The molecule has 0 aliphatic carbocycles. The number of aliphatic hydroxyl groups excluding tert-OH is 4. The van der Waals surface area contributed by atoms with Crippen molar-refractivity contribution in [2.45, 2.75) is 32.3 Å². The highest BCUT2D eigenvalue weighted by Gasteiger charge is 2.38. The monoisotopic (exact) mass is 268 g/mol. The van der Waals surface area contributed by atoms with E-state index in [1.165, 1.54) is 0 Å². The van der Waals surface area contributed by atoms with Crippen LogP contribution in [-0.4, -0.2) is 40.2 Å². The molecular weight excluding hydrogens is 244 g/mol. The Morgan fingerprint density at radius 3 is 2.16 bits per heavy atom. The molecule has 0 aliphatic heterocycles. The van der Waals surface area contributed by atoms with Gasteiger partial charge in [-0.1, -0.05) is 37.6 Å². The van der Waals surface area contributed by atoms with Gasteiger partial charge >= 0.3 is 0 Å². The molecule has 4 N–H and O–H groups in total. The van der Waals surface area contributed by atoms with Gasteiger partial charge in [-0.15, -0.1) is 0 Å². The van der Waals surface area contributed by atoms with Crippen molar-refractivity contribution in [2.75, 3.05) is 19.8 Å². The molecule has 4 heteroatoms. The minimum Gasteiger partial charge on any atom is -0.395 e. The number of unbranched alkanes of at least 4 members (excludes halogenated alkanes) is 1. The number of rotatable bonds is 8. The molecule has 0 amide bonds. The molecule has 1 atom stereocenters. The van der Waals surface area contributed by atoms with Crippen LogP contribution in [0.25, 0.3) is 0 Å². The molecule has 0 aromatic heterocycles. The first-order chi connectivity index (χ1) is 9.15. The average Bonchev–Trinajstić information content (AvgIpc) is 2.47. The summed E-state index contributed by atoms with van der Waals surface area (Å²) in [5, 5.41) is 38.6. The van der Waals surface area contributed by atoms with E-state index in [2.05, 4.69) is 6.92 Å². The van der Waals surface area contributed by atoms with Gasteiger partial charge in [-0.3, -0.25) is 0 Å². The minimum absolute atomic E-state index is 0.469. The summed E-state index contributed by atoms with van der Waals surface area (Å²) < 4.78 is 0. The van der Waals surface area contributed by atoms with E-state index in [1.54, 1.807) is 6.07 Å². The largest absolute Gasteiger partial charge is 0.395 e. The Kier molecular flexibility index (Phi) is 6.45. The molecule has 108 valence electrons. The lowest BCUT2D eigenvalue weighted by Crippen LogP contribution is -2.40. The van der Waals surface area contributed by atoms with Gasteiger partial charge in [0, 0.05) is 0 Å². The summed E-state index contributed by atoms with van der Waals surface area (Å²) in [5.74, 6) is 0. The van der Waals surface area contributed by atoms with E-state index < -0.39 is 31.3 Å². The van der Waals surface area contributed by atoms with Crippen LogP contribution < -0.4 is 0 Å². The molecule has 19 heavy (non-hydrogen) atoms. The van der Waals surface area contributed by atoms with Gasteiger partial charge in [0.25, 0.3) is 0 Å². The van der Waals surface area contributed by atoms with Gasteiger partial charge in [-0.2, -0.15) is 0 Å². The Morgan fingerprint density at radius 1 is 1.05 bits per heavy atom. The molecule has 0 saturated carbocycles. The number of aryl methyl sites for hydroxylation is 1. The predicted molar refractivity (Wildman–Crippen MR) is 73.7 cm³/mol. The standard InChI is InChI=1S/C15H24O4/c1-2-3-6-12-7-4-5-8-13(12)14(19)15(9-16,10-17)11-18/h4-5,7-8,14,16-19H,2-3,6,9-11H2,1H3. The lowest BCUT2D eigenvalue weighted by molar-refractivity contribution is -0.0855. The van der Waals surface area contributed by atoms with Crippen LogP contribution >= 0.6 is 0 Å². The number of hydrogen-bond acceptors (Lipinski definition) is 4. The van der Waals surface area contributed by atoms with Gasteiger partial charge in [-0.05, 0) is 24.0 Å². The minimum atomic E-state index is -1.30. The Labute approximate surface area is 114 Å². The van der Waals surface area contributed by atoms with E-state index in [-0.39, 0.29) is 0 Å². The van der Waals surface area contributed by atoms with Crippen LogP contribution in [0.3, 0.4) is 0 Å². The van der Waals surface area contributed by atoms with Gasteiger partial charge in [0.2, 0.25) is 0 Å². The summed E-state index contributed by atoms with van der Waals surface area (Å²) in [7, 11) is 0. The number of benzene rings is 1. The van der Waals surface area contributed by atoms with Crippen molar-refractivity contribution in [3.05, 3.63) is 35.4 Å². The quantitative estimate of drug-likeness (QED) is 0.567. The predicted octanol–water partition coefficient (Wildman–Crippen LogP) is 1.03. The molecule has 1 rings (SSSR count). The zero-order valence-corrected chi connectivity index (χ0v) is 11.4.